The lowest BCUT2D eigenvalue weighted by Gasteiger charge is -2.15. The predicted octanol–water partition coefficient (Wildman–Crippen LogP) is -2.38. The topological polar surface area (TPSA) is 140 Å². The predicted molar refractivity (Wildman–Crippen MR) is 73.7 cm³/mol. The van der Waals surface area contributed by atoms with Crippen LogP contribution in [0.4, 0.5) is 0 Å². The van der Waals surface area contributed by atoms with E-state index in [0.29, 0.717) is 19.3 Å². The molecule has 0 amide bonds. The van der Waals surface area contributed by atoms with Gasteiger partial charge in [-0.25, -0.2) is 0 Å². The molecular formula is C13H28O8. The molecule has 4 unspecified atom stereocenters. The van der Waals surface area contributed by atoms with Crippen LogP contribution in [-0.4, -0.2) is 94.7 Å². The van der Waals surface area contributed by atoms with Crippen LogP contribution in [0.3, 0.4) is 0 Å². The lowest BCUT2D eigenvalue weighted by molar-refractivity contribution is -0.0325. The summed E-state index contributed by atoms with van der Waals surface area (Å²) in [4.78, 5) is 0. The fraction of sp³-hybridized carbons (Fsp3) is 1.00. The Balaban J connectivity index is 3.46. The molecule has 0 aromatic rings. The maximum absolute atomic E-state index is 9.59. The fourth-order valence-electron chi connectivity index (χ4n) is 1.54. The summed E-state index contributed by atoms with van der Waals surface area (Å²) in [7, 11) is 0. The van der Waals surface area contributed by atoms with Gasteiger partial charge in [0.15, 0.2) is 0 Å². The van der Waals surface area contributed by atoms with Gasteiger partial charge in [0.1, 0.15) is 12.2 Å². The van der Waals surface area contributed by atoms with E-state index in [1.54, 1.807) is 0 Å². The molecule has 21 heavy (non-hydrogen) atoms. The Labute approximate surface area is 124 Å². The largest absolute Gasteiger partial charge is 0.394 e. The molecule has 0 radical (unpaired) electrons. The maximum atomic E-state index is 9.59. The third-order valence-electron chi connectivity index (χ3n) is 2.74. The van der Waals surface area contributed by atoms with Crippen molar-refractivity contribution in [2.45, 2.75) is 43.7 Å². The monoisotopic (exact) mass is 312 g/mol. The van der Waals surface area contributed by atoms with Crippen LogP contribution in [-0.2, 0) is 9.47 Å². The number of aliphatic hydroxyl groups is 6. The van der Waals surface area contributed by atoms with Gasteiger partial charge in [0.05, 0.1) is 51.8 Å². The molecule has 8 heteroatoms. The molecule has 0 aliphatic heterocycles. The van der Waals surface area contributed by atoms with Crippen molar-refractivity contribution >= 4 is 0 Å². The van der Waals surface area contributed by atoms with Crippen molar-refractivity contribution < 1.29 is 40.1 Å². The summed E-state index contributed by atoms with van der Waals surface area (Å²) in [5.41, 5.74) is 0. The Morgan fingerprint density at radius 3 is 1.24 bits per heavy atom. The maximum Gasteiger partial charge on any atom is 0.100 e. The molecule has 0 aromatic heterocycles. The highest BCUT2D eigenvalue weighted by Gasteiger charge is 2.10. The van der Waals surface area contributed by atoms with Crippen LogP contribution < -0.4 is 0 Å². The molecule has 8 nitrogen and oxygen atoms in total. The molecule has 0 fully saturated rings. The molecule has 6 N–H and O–H groups in total. The number of ether oxygens (including phenoxy) is 2. The van der Waals surface area contributed by atoms with Crippen LogP contribution in [0.25, 0.3) is 0 Å². The fourth-order valence-corrected chi connectivity index (χ4v) is 1.54. The average molecular weight is 312 g/mol. The van der Waals surface area contributed by atoms with Crippen molar-refractivity contribution in [1.82, 2.24) is 0 Å². The van der Waals surface area contributed by atoms with Crippen molar-refractivity contribution in [2.75, 3.05) is 39.6 Å². The Kier molecular flexibility index (Phi) is 13.1. The quantitative estimate of drug-likeness (QED) is 0.209. The molecule has 0 aliphatic carbocycles. The summed E-state index contributed by atoms with van der Waals surface area (Å²) in [6.07, 6.45) is -1.83. The zero-order valence-corrected chi connectivity index (χ0v) is 12.2. The van der Waals surface area contributed by atoms with Gasteiger partial charge < -0.3 is 40.1 Å². The summed E-state index contributed by atoms with van der Waals surface area (Å²) in [6, 6.07) is 0. The second-order valence-corrected chi connectivity index (χ2v) is 4.99. The number of aliphatic hydroxyl groups excluding tert-OH is 6. The van der Waals surface area contributed by atoms with Crippen molar-refractivity contribution in [3.8, 4) is 0 Å². The minimum Gasteiger partial charge on any atom is -0.394 e. The Hall–Kier alpha value is -0.320. The molecule has 0 aromatic carbocycles. The first-order valence-electron chi connectivity index (χ1n) is 7.09. The summed E-state index contributed by atoms with van der Waals surface area (Å²) >= 11 is 0. The van der Waals surface area contributed by atoms with Crippen LogP contribution >= 0.6 is 0 Å². The standard InChI is InChI=1S/C13H28O8/c14-4-12(18)8-20-6-10(16)2-1-3-11(17)7-21-9-13(19)5-15/h10-19H,1-9H2. The first kappa shape index (κ1) is 20.7. The third kappa shape index (κ3) is 13.1. The molecule has 0 rings (SSSR count). The number of hydrogen-bond acceptors (Lipinski definition) is 8. The van der Waals surface area contributed by atoms with Crippen molar-refractivity contribution in [1.29, 1.82) is 0 Å². The van der Waals surface area contributed by atoms with Gasteiger partial charge >= 0.3 is 0 Å². The van der Waals surface area contributed by atoms with Gasteiger partial charge in [-0.1, -0.05) is 0 Å². The summed E-state index contributed by atoms with van der Waals surface area (Å²) in [5.74, 6) is 0. The van der Waals surface area contributed by atoms with Crippen molar-refractivity contribution in [2.24, 2.45) is 0 Å². The van der Waals surface area contributed by atoms with Gasteiger partial charge in [0.2, 0.25) is 0 Å². The molecule has 0 heterocycles. The Morgan fingerprint density at radius 2 is 0.905 bits per heavy atom. The molecule has 4 atom stereocenters. The van der Waals surface area contributed by atoms with Gasteiger partial charge in [-0.05, 0) is 19.3 Å². The normalized spacial score (nSPS) is 17.4. The average Bonchev–Trinajstić information content (AvgIpc) is 2.46. The molecule has 0 bridgehead atoms. The van der Waals surface area contributed by atoms with Crippen LogP contribution in [0.2, 0.25) is 0 Å². The molecule has 0 aliphatic rings. The van der Waals surface area contributed by atoms with Gasteiger partial charge in [0, 0.05) is 0 Å². The second-order valence-electron chi connectivity index (χ2n) is 4.99. The molecule has 128 valence electrons. The minimum absolute atomic E-state index is 0.0305. The lowest BCUT2D eigenvalue weighted by Crippen LogP contribution is -2.25. The first-order chi connectivity index (χ1) is 9.99. The van der Waals surface area contributed by atoms with Crippen LogP contribution in [0.1, 0.15) is 19.3 Å². The highest BCUT2D eigenvalue weighted by atomic mass is 16.5. The summed E-state index contributed by atoms with van der Waals surface area (Å²) in [5, 5.41) is 54.3. The van der Waals surface area contributed by atoms with E-state index < -0.39 is 24.4 Å². The van der Waals surface area contributed by atoms with Crippen molar-refractivity contribution in [3.05, 3.63) is 0 Å². The first-order valence-corrected chi connectivity index (χ1v) is 7.09. The second kappa shape index (κ2) is 13.4. The van der Waals surface area contributed by atoms with E-state index in [1.165, 1.54) is 0 Å². The van der Waals surface area contributed by atoms with E-state index in [4.69, 9.17) is 29.9 Å². The number of hydrogen-bond donors (Lipinski definition) is 6. The van der Waals surface area contributed by atoms with E-state index in [2.05, 4.69) is 0 Å². The lowest BCUT2D eigenvalue weighted by atomic mass is 10.1. The zero-order valence-electron chi connectivity index (χ0n) is 12.2. The molecule has 0 saturated carbocycles. The van der Waals surface area contributed by atoms with E-state index in [9.17, 15) is 10.2 Å². The molecule has 0 spiro atoms. The van der Waals surface area contributed by atoms with Gasteiger partial charge in [0.25, 0.3) is 0 Å². The van der Waals surface area contributed by atoms with Gasteiger partial charge in [-0.15, -0.1) is 0 Å². The van der Waals surface area contributed by atoms with Gasteiger partial charge in [-0.3, -0.25) is 0 Å². The van der Waals surface area contributed by atoms with Crippen LogP contribution in [0.5, 0.6) is 0 Å². The SMILES string of the molecule is OCC(O)COCC(O)CCCC(O)COCC(O)CO. The zero-order chi connectivity index (χ0) is 16.1. The van der Waals surface area contributed by atoms with Crippen LogP contribution in [0, 0.1) is 0 Å². The van der Waals surface area contributed by atoms with Crippen LogP contribution in [0.15, 0.2) is 0 Å². The smallest absolute Gasteiger partial charge is 0.100 e. The van der Waals surface area contributed by atoms with Crippen molar-refractivity contribution in [3.63, 3.8) is 0 Å². The highest BCUT2D eigenvalue weighted by molar-refractivity contribution is 4.61. The number of rotatable bonds is 14. The van der Waals surface area contributed by atoms with Gasteiger partial charge in [-0.2, -0.15) is 0 Å². The summed E-state index contributed by atoms with van der Waals surface area (Å²) in [6.45, 7) is -0.701. The molecular weight excluding hydrogens is 284 g/mol. The third-order valence-corrected chi connectivity index (χ3v) is 2.74. The van der Waals surface area contributed by atoms with E-state index >= 15 is 0 Å². The van der Waals surface area contributed by atoms with E-state index in [-0.39, 0.29) is 39.6 Å². The summed E-state index contributed by atoms with van der Waals surface area (Å²) < 4.78 is 10.0. The minimum atomic E-state index is -0.939. The Bertz CT molecular complexity index is 206. The Morgan fingerprint density at radius 1 is 0.571 bits per heavy atom. The van der Waals surface area contributed by atoms with E-state index in [1.807, 2.05) is 0 Å². The van der Waals surface area contributed by atoms with E-state index in [0.717, 1.165) is 0 Å². The molecule has 0 saturated heterocycles. The highest BCUT2D eigenvalue weighted by Crippen LogP contribution is 2.06.